The smallest absolute Gasteiger partial charge is 0.317 e. The van der Waals surface area contributed by atoms with Gasteiger partial charge in [0.25, 0.3) is 0 Å². The molecule has 124 valence electrons. The van der Waals surface area contributed by atoms with Crippen LogP contribution in [0, 0.1) is 29.6 Å². The van der Waals surface area contributed by atoms with Gasteiger partial charge in [0.1, 0.15) is 0 Å². The van der Waals surface area contributed by atoms with Gasteiger partial charge in [-0.1, -0.05) is 0 Å². The van der Waals surface area contributed by atoms with Crippen LogP contribution in [-0.4, -0.2) is 41.3 Å². The van der Waals surface area contributed by atoms with Gasteiger partial charge in [0.15, 0.2) is 0 Å². The lowest BCUT2D eigenvalue weighted by Gasteiger charge is -2.54. The minimum Gasteiger partial charge on any atom is -0.393 e. The number of hydrogen-bond acceptors (Lipinski definition) is 2. The summed E-state index contributed by atoms with van der Waals surface area (Å²) >= 11 is 0. The number of amides is 2. The van der Waals surface area contributed by atoms with E-state index in [0.29, 0.717) is 12.0 Å². The predicted molar refractivity (Wildman–Crippen MR) is 85.3 cm³/mol. The van der Waals surface area contributed by atoms with Crippen LogP contribution in [0.4, 0.5) is 4.79 Å². The highest BCUT2D eigenvalue weighted by atomic mass is 16.3. The Hall–Kier alpha value is -0.770. The first-order valence-electron chi connectivity index (χ1n) is 9.33. The summed E-state index contributed by atoms with van der Waals surface area (Å²) in [4.78, 5) is 14.6. The van der Waals surface area contributed by atoms with Crippen LogP contribution < -0.4 is 5.32 Å². The molecule has 2 amide bonds. The molecule has 4 nitrogen and oxygen atoms in total. The van der Waals surface area contributed by atoms with E-state index in [1.54, 1.807) is 0 Å². The molecule has 2 N–H and O–H groups in total. The lowest BCUT2D eigenvalue weighted by atomic mass is 9.54. The van der Waals surface area contributed by atoms with Gasteiger partial charge in [0.05, 0.1) is 6.10 Å². The summed E-state index contributed by atoms with van der Waals surface area (Å²) in [6.45, 7) is 3.47. The summed E-state index contributed by atoms with van der Waals surface area (Å²) in [5.74, 6) is 3.77. The Bertz CT molecular complexity index is 401. The van der Waals surface area contributed by atoms with Crippen molar-refractivity contribution in [1.82, 2.24) is 10.2 Å². The normalized spacial score (nSPS) is 42.5. The minimum atomic E-state index is -0.241. The highest BCUT2D eigenvalue weighted by Gasteiger charge is 2.48. The fourth-order valence-corrected chi connectivity index (χ4v) is 5.98. The standard InChI is InChI=1S/C18H30N2O2/c1-11(21)14-2-4-20(5-3-14)18(22)19-17-15-7-12-6-13(9-15)10-16(17)8-12/h11-17,21H,2-10H2,1H3,(H,19,22). The number of nitrogens with zero attached hydrogens (tertiary/aromatic N) is 1. The van der Waals surface area contributed by atoms with Crippen LogP contribution in [0.5, 0.6) is 0 Å². The highest BCUT2D eigenvalue weighted by molar-refractivity contribution is 5.74. The summed E-state index contributed by atoms with van der Waals surface area (Å²) in [5, 5.41) is 13.1. The van der Waals surface area contributed by atoms with Gasteiger partial charge in [-0.3, -0.25) is 0 Å². The molecular formula is C18H30N2O2. The van der Waals surface area contributed by atoms with Gasteiger partial charge in [0.2, 0.25) is 0 Å². The molecular weight excluding hydrogens is 276 g/mol. The zero-order chi connectivity index (χ0) is 15.3. The zero-order valence-corrected chi connectivity index (χ0v) is 13.7. The van der Waals surface area contributed by atoms with E-state index in [4.69, 9.17) is 0 Å². The molecule has 5 fully saturated rings. The van der Waals surface area contributed by atoms with Crippen molar-refractivity contribution in [3.63, 3.8) is 0 Å². The van der Waals surface area contributed by atoms with Gasteiger partial charge < -0.3 is 15.3 Å². The van der Waals surface area contributed by atoms with Gasteiger partial charge in [-0.15, -0.1) is 0 Å². The number of rotatable bonds is 2. The SMILES string of the molecule is CC(O)C1CCN(C(=O)NC2C3CC4CC(C3)CC2C4)CC1. The number of aliphatic hydroxyl groups excluding tert-OH is 1. The molecule has 0 spiro atoms. The highest BCUT2D eigenvalue weighted by Crippen LogP contribution is 2.53. The maximum absolute atomic E-state index is 12.6. The van der Waals surface area contributed by atoms with E-state index in [9.17, 15) is 9.90 Å². The minimum absolute atomic E-state index is 0.154. The van der Waals surface area contributed by atoms with E-state index in [2.05, 4.69) is 5.32 Å². The summed E-state index contributed by atoms with van der Waals surface area (Å²) < 4.78 is 0. The maximum atomic E-state index is 12.6. The summed E-state index contributed by atoms with van der Waals surface area (Å²) in [5.41, 5.74) is 0. The van der Waals surface area contributed by atoms with E-state index in [-0.39, 0.29) is 12.1 Å². The number of carbonyl (C=O) groups is 1. The molecule has 5 aliphatic rings. The van der Waals surface area contributed by atoms with Crippen LogP contribution >= 0.6 is 0 Å². The molecule has 1 heterocycles. The third kappa shape index (κ3) is 2.64. The number of nitrogens with one attached hydrogen (secondary N) is 1. The molecule has 0 aromatic carbocycles. The van der Waals surface area contributed by atoms with E-state index in [1.807, 2.05) is 11.8 Å². The monoisotopic (exact) mass is 306 g/mol. The summed E-state index contributed by atoms with van der Waals surface area (Å²) in [6.07, 6.45) is 8.49. The van der Waals surface area contributed by atoms with Crippen molar-refractivity contribution in [1.29, 1.82) is 0 Å². The Morgan fingerprint density at radius 1 is 1.05 bits per heavy atom. The first-order chi connectivity index (χ1) is 10.6. The van der Waals surface area contributed by atoms with Crippen molar-refractivity contribution < 1.29 is 9.90 Å². The topological polar surface area (TPSA) is 52.6 Å². The molecule has 1 saturated heterocycles. The molecule has 0 aromatic heterocycles. The Labute approximate surface area is 133 Å². The van der Waals surface area contributed by atoms with Crippen LogP contribution in [0.1, 0.15) is 51.9 Å². The van der Waals surface area contributed by atoms with Crippen molar-refractivity contribution in [2.45, 2.75) is 64.0 Å². The van der Waals surface area contributed by atoms with Crippen LogP contribution in [0.25, 0.3) is 0 Å². The molecule has 1 aliphatic heterocycles. The summed E-state index contributed by atoms with van der Waals surface area (Å²) in [6, 6.07) is 0.594. The van der Waals surface area contributed by atoms with E-state index >= 15 is 0 Å². The zero-order valence-electron chi connectivity index (χ0n) is 13.7. The van der Waals surface area contributed by atoms with Gasteiger partial charge in [0, 0.05) is 19.1 Å². The third-order valence-electron chi connectivity index (χ3n) is 7.03. The third-order valence-corrected chi connectivity index (χ3v) is 7.03. The van der Waals surface area contributed by atoms with Crippen LogP contribution in [0.15, 0.2) is 0 Å². The van der Waals surface area contributed by atoms with Crippen molar-refractivity contribution in [2.24, 2.45) is 29.6 Å². The van der Waals surface area contributed by atoms with E-state index in [1.165, 1.54) is 32.1 Å². The van der Waals surface area contributed by atoms with Crippen LogP contribution in [-0.2, 0) is 0 Å². The van der Waals surface area contributed by atoms with Crippen molar-refractivity contribution >= 4 is 6.03 Å². The quantitative estimate of drug-likeness (QED) is 0.824. The summed E-state index contributed by atoms with van der Waals surface area (Å²) in [7, 11) is 0. The lowest BCUT2D eigenvalue weighted by Crippen LogP contribution is -2.58. The average Bonchev–Trinajstić information content (AvgIpc) is 2.50. The fourth-order valence-electron chi connectivity index (χ4n) is 5.98. The number of piperidine rings is 1. The number of hydrogen-bond donors (Lipinski definition) is 2. The largest absolute Gasteiger partial charge is 0.393 e. The lowest BCUT2D eigenvalue weighted by molar-refractivity contribution is -0.0118. The molecule has 0 aromatic rings. The molecule has 4 bridgehead atoms. The fraction of sp³-hybridized carbons (Fsp3) is 0.944. The predicted octanol–water partition coefficient (Wildman–Crippen LogP) is 2.61. The average molecular weight is 306 g/mol. The van der Waals surface area contributed by atoms with Gasteiger partial charge in [-0.05, 0) is 81.5 Å². The van der Waals surface area contributed by atoms with Crippen molar-refractivity contribution in [3.8, 4) is 0 Å². The Morgan fingerprint density at radius 3 is 2.09 bits per heavy atom. The van der Waals surface area contributed by atoms with E-state index in [0.717, 1.165) is 49.6 Å². The van der Waals surface area contributed by atoms with Gasteiger partial charge in [-0.2, -0.15) is 0 Å². The Morgan fingerprint density at radius 2 is 1.59 bits per heavy atom. The number of carbonyl (C=O) groups excluding carboxylic acids is 1. The van der Waals surface area contributed by atoms with Crippen molar-refractivity contribution in [3.05, 3.63) is 0 Å². The second-order valence-corrected chi connectivity index (χ2v) is 8.47. The molecule has 1 atom stereocenters. The number of likely N-dealkylation sites (tertiary alicyclic amines) is 1. The second kappa shape index (κ2) is 5.70. The molecule has 1 unspecified atom stereocenters. The molecule has 4 heteroatoms. The molecule has 5 rings (SSSR count). The Kier molecular flexibility index (Phi) is 3.83. The van der Waals surface area contributed by atoms with Crippen LogP contribution in [0.2, 0.25) is 0 Å². The van der Waals surface area contributed by atoms with Gasteiger partial charge >= 0.3 is 6.03 Å². The number of urea groups is 1. The van der Waals surface area contributed by atoms with Crippen molar-refractivity contribution in [2.75, 3.05) is 13.1 Å². The first-order valence-corrected chi connectivity index (χ1v) is 9.33. The second-order valence-electron chi connectivity index (χ2n) is 8.47. The molecule has 0 radical (unpaired) electrons. The molecule has 22 heavy (non-hydrogen) atoms. The maximum Gasteiger partial charge on any atom is 0.317 e. The van der Waals surface area contributed by atoms with E-state index < -0.39 is 0 Å². The van der Waals surface area contributed by atoms with Gasteiger partial charge in [-0.25, -0.2) is 4.79 Å². The molecule has 4 saturated carbocycles. The number of aliphatic hydroxyl groups is 1. The van der Waals surface area contributed by atoms with Crippen LogP contribution in [0.3, 0.4) is 0 Å². The molecule has 4 aliphatic carbocycles. The first kappa shape index (κ1) is 14.8. The Balaban J connectivity index is 1.33.